The molecule has 1 rings (SSSR count). The van der Waals surface area contributed by atoms with Crippen molar-refractivity contribution in [3.63, 3.8) is 0 Å². The van der Waals surface area contributed by atoms with E-state index in [2.05, 4.69) is 5.32 Å². The van der Waals surface area contributed by atoms with E-state index < -0.39 is 10.0 Å². The maximum absolute atomic E-state index is 12.0. The summed E-state index contributed by atoms with van der Waals surface area (Å²) in [5, 5.41) is 12.5. The minimum atomic E-state index is -3.12. The predicted molar refractivity (Wildman–Crippen MR) is 68.3 cm³/mol. The van der Waals surface area contributed by atoms with Crippen LogP contribution >= 0.6 is 0 Å². The Labute approximate surface area is 104 Å². The molecule has 0 aliphatic carbocycles. The fourth-order valence-corrected chi connectivity index (χ4v) is 3.57. The lowest BCUT2D eigenvalue weighted by Crippen LogP contribution is -2.43. The number of piperidine rings is 1. The maximum Gasteiger partial charge on any atom is 0.215 e. The van der Waals surface area contributed by atoms with Crippen LogP contribution in [-0.4, -0.2) is 55.9 Å². The van der Waals surface area contributed by atoms with E-state index in [1.807, 2.05) is 6.92 Å². The van der Waals surface area contributed by atoms with Crippen LogP contribution in [0.5, 0.6) is 0 Å². The molecule has 0 aromatic heterocycles. The lowest BCUT2D eigenvalue weighted by atomic mass is 9.93. The van der Waals surface area contributed by atoms with E-state index in [0.717, 1.165) is 19.4 Å². The summed E-state index contributed by atoms with van der Waals surface area (Å²) in [5.41, 5.74) is 0. The van der Waals surface area contributed by atoms with Crippen LogP contribution in [0, 0.1) is 5.92 Å². The minimum absolute atomic E-state index is 0.167. The van der Waals surface area contributed by atoms with Gasteiger partial charge in [0.2, 0.25) is 10.0 Å². The third-order valence-electron chi connectivity index (χ3n) is 3.36. The molecular weight excluding hydrogens is 240 g/mol. The third kappa shape index (κ3) is 4.54. The topological polar surface area (TPSA) is 69.6 Å². The number of aliphatic hydroxyl groups is 1. The summed E-state index contributed by atoms with van der Waals surface area (Å²) < 4.78 is 25.5. The second kappa shape index (κ2) is 6.68. The first-order chi connectivity index (χ1) is 7.97. The molecule has 1 aliphatic heterocycles. The van der Waals surface area contributed by atoms with Crippen molar-refractivity contribution in [1.82, 2.24) is 9.62 Å². The van der Waals surface area contributed by atoms with Gasteiger partial charge in [0.15, 0.2) is 0 Å². The molecule has 102 valence electrons. The summed E-state index contributed by atoms with van der Waals surface area (Å²) in [4.78, 5) is 0. The van der Waals surface area contributed by atoms with E-state index in [0.29, 0.717) is 19.6 Å². The second-order valence-corrected chi connectivity index (χ2v) is 6.74. The normalized spacial score (nSPS) is 21.6. The number of hydrogen-bond acceptors (Lipinski definition) is 4. The fourth-order valence-electron chi connectivity index (χ4n) is 2.14. The van der Waals surface area contributed by atoms with Crippen LogP contribution in [-0.2, 0) is 10.0 Å². The standard InChI is InChI=1S/C11H24N2O3S/c1-3-12-6-9-17(15,16)13-7-4-11(5-8-13)10(2)14/h10-12,14H,3-9H2,1-2H3. The number of aliphatic hydroxyl groups excluding tert-OH is 1. The highest BCUT2D eigenvalue weighted by molar-refractivity contribution is 7.89. The van der Waals surface area contributed by atoms with Gasteiger partial charge in [-0.05, 0) is 32.2 Å². The van der Waals surface area contributed by atoms with E-state index in [1.165, 1.54) is 0 Å². The number of hydrogen-bond donors (Lipinski definition) is 2. The first-order valence-corrected chi connectivity index (χ1v) is 7.95. The van der Waals surface area contributed by atoms with Gasteiger partial charge in [-0.1, -0.05) is 6.92 Å². The molecule has 1 aliphatic rings. The second-order valence-electron chi connectivity index (χ2n) is 4.65. The summed E-state index contributed by atoms with van der Waals surface area (Å²) in [7, 11) is -3.12. The molecule has 1 saturated heterocycles. The van der Waals surface area contributed by atoms with E-state index >= 15 is 0 Å². The van der Waals surface area contributed by atoms with Gasteiger partial charge in [-0.3, -0.25) is 0 Å². The quantitative estimate of drug-likeness (QED) is 0.664. The van der Waals surface area contributed by atoms with Crippen molar-refractivity contribution in [1.29, 1.82) is 0 Å². The Hall–Kier alpha value is -0.170. The Kier molecular flexibility index (Phi) is 5.85. The molecule has 2 N–H and O–H groups in total. The monoisotopic (exact) mass is 264 g/mol. The molecule has 0 aromatic rings. The van der Waals surface area contributed by atoms with Gasteiger partial charge in [0.1, 0.15) is 0 Å². The first kappa shape index (κ1) is 14.9. The number of nitrogens with zero attached hydrogens (tertiary/aromatic N) is 1. The van der Waals surface area contributed by atoms with Gasteiger partial charge in [-0.25, -0.2) is 12.7 Å². The molecule has 17 heavy (non-hydrogen) atoms. The fraction of sp³-hybridized carbons (Fsp3) is 1.00. The van der Waals surface area contributed by atoms with Crippen molar-refractivity contribution in [2.75, 3.05) is 31.9 Å². The highest BCUT2D eigenvalue weighted by Gasteiger charge is 2.29. The molecule has 1 unspecified atom stereocenters. The Balaban J connectivity index is 2.41. The average Bonchev–Trinajstić information content (AvgIpc) is 2.29. The van der Waals surface area contributed by atoms with Gasteiger partial charge in [-0.15, -0.1) is 0 Å². The lowest BCUT2D eigenvalue weighted by molar-refractivity contribution is 0.0912. The van der Waals surface area contributed by atoms with Crippen molar-refractivity contribution < 1.29 is 13.5 Å². The van der Waals surface area contributed by atoms with Crippen LogP contribution in [0.2, 0.25) is 0 Å². The zero-order chi connectivity index (χ0) is 12.9. The summed E-state index contributed by atoms with van der Waals surface area (Å²) in [5.74, 6) is 0.412. The highest BCUT2D eigenvalue weighted by Crippen LogP contribution is 2.22. The van der Waals surface area contributed by atoms with Gasteiger partial charge >= 0.3 is 0 Å². The lowest BCUT2D eigenvalue weighted by Gasteiger charge is -2.32. The number of nitrogens with one attached hydrogen (secondary N) is 1. The molecule has 1 fully saturated rings. The molecule has 0 saturated carbocycles. The molecule has 0 aromatic carbocycles. The molecule has 1 heterocycles. The average molecular weight is 264 g/mol. The zero-order valence-electron chi connectivity index (χ0n) is 10.7. The van der Waals surface area contributed by atoms with Crippen LogP contribution in [0.1, 0.15) is 26.7 Å². The Bertz CT molecular complexity index is 309. The van der Waals surface area contributed by atoms with Crippen molar-refractivity contribution in [3.8, 4) is 0 Å². The van der Waals surface area contributed by atoms with E-state index in [1.54, 1.807) is 11.2 Å². The predicted octanol–water partition coefficient (Wildman–Crippen LogP) is 0.0185. The Morgan fingerprint density at radius 3 is 2.47 bits per heavy atom. The van der Waals surface area contributed by atoms with Crippen molar-refractivity contribution in [2.45, 2.75) is 32.8 Å². The van der Waals surface area contributed by atoms with Crippen molar-refractivity contribution in [3.05, 3.63) is 0 Å². The summed E-state index contributed by atoms with van der Waals surface area (Å²) in [6, 6.07) is 0. The Morgan fingerprint density at radius 2 is 2.00 bits per heavy atom. The molecule has 0 radical (unpaired) electrons. The molecule has 1 atom stereocenters. The zero-order valence-corrected chi connectivity index (χ0v) is 11.5. The maximum atomic E-state index is 12.0. The summed E-state index contributed by atoms with van der Waals surface area (Å²) >= 11 is 0. The van der Waals surface area contributed by atoms with Gasteiger partial charge in [0.05, 0.1) is 11.9 Å². The van der Waals surface area contributed by atoms with E-state index in [9.17, 15) is 13.5 Å². The van der Waals surface area contributed by atoms with Crippen molar-refractivity contribution >= 4 is 10.0 Å². The van der Waals surface area contributed by atoms with E-state index in [4.69, 9.17) is 0 Å². The van der Waals surface area contributed by atoms with Crippen LogP contribution in [0.25, 0.3) is 0 Å². The summed E-state index contributed by atoms with van der Waals surface area (Å²) in [6.07, 6.45) is 1.19. The van der Waals surface area contributed by atoms with Gasteiger partial charge in [0, 0.05) is 19.6 Å². The van der Waals surface area contributed by atoms with Crippen molar-refractivity contribution in [2.24, 2.45) is 5.92 Å². The molecular formula is C11H24N2O3S. The number of sulfonamides is 1. The highest BCUT2D eigenvalue weighted by atomic mass is 32.2. The number of rotatable bonds is 6. The van der Waals surface area contributed by atoms with Gasteiger partial charge in [0.25, 0.3) is 0 Å². The van der Waals surface area contributed by atoms with E-state index in [-0.39, 0.29) is 17.8 Å². The van der Waals surface area contributed by atoms with Crippen LogP contribution in [0.15, 0.2) is 0 Å². The summed E-state index contributed by atoms with van der Waals surface area (Å²) in [6.45, 7) is 6.13. The molecule has 0 bridgehead atoms. The Morgan fingerprint density at radius 1 is 1.41 bits per heavy atom. The van der Waals surface area contributed by atoms with Gasteiger partial charge < -0.3 is 10.4 Å². The first-order valence-electron chi connectivity index (χ1n) is 6.34. The van der Waals surface area contributed by atoms with Crippen LogP contribution in [0.4, 0.5) is 0 Å². The minimum Gasteiger partial charge on any atom is -0.393 e. The third-order valence-corrected chi connectivity index (χ3v) is 5.23. The molecule has 0 spiro atoms. The van der Waals surface area contributed by atoms with Crippen LogP contribution < -0.4 is 5.32 Å². The molecule has 0 amide bonds. The smallest absolute Gasteiger partial charge is 0.215 e. The molecule has 5 nitrogen and oxygen atoms in total. The molecule has 6 heteroatoms. The SMILES string of the molecule is CCNCCS(=O)(=O)N1CCC(C(C)O)CC1. The largest absolute Gasteiger partial charge is 0.393 e. The van der Waals surface area contributed by atoms with Gasteiger partial charge in [-0.2, -0.15) is 0 Å². The van der Waals surface area contributed by atoms with Crippen LogP contribution in [0.3, 0.4) is 0 Å².